The predicted octanol–water partition coefficient (Wildman–Crippen LogP) is 3.62. The van der Waals surface area contributed by atoms with Crippen molar-refractivity contribution in [3.05, 3.63) is 23.8 Å². The molecule has 0 bridgehead atoms. The highest BCUT2D eigenvalue weighted by Gasteiger charge is 2.24. The number of ether oxygens (including phenoxy) is 2. The molecule has 3 unspecified atom stereocenters. The topological polar surface area (TPSA) is 30.5 Å². The number of hydrogen-bond acceptors (Lipinski definition) is 3. The maximum absolute atomic E-state index is 5.43. The average Bonchev–Trinajstić information content (AvgIpc) is 2.48. The van der Waals surface area contributed by atoms with Gasteiger partial charge in [0.05, 0.1) is 14.2 Å². The van der Waals surface area contributed by atoms with Gasteiger partial charge in [-0.2, -0.15) is 0 Å². The third kappa shape index (κ3) is 3.66. The molecule has 1 aromatic rings. The Kier molecular flexibility index (Phi) is 5.30. The first kappa shape index (κ1) is 15.2. The van der Waals surface area contributed by atoms with Crippen LogP contribution in [0.15, 0.2) is 18.2 Å². The van der Waals surface area contributed by atoms with E-state index in [9.17, 15) is 0 Å². The lowest BCUT2D eigenvalue weighted by atomic mass is 9.79. The van der Waals surface area contributed by atoms with E-state index in [0.29, 0.717) is 6.04 Å². The fourth-order valence-electron chi connectivity index (χ4n) is 3.01. The van der Waals surface area contributed by atoms with Crippen LogP contribution in [0.3, 0.4) is 0 Å². The lowest BCUT2D eigenvalue weighted by Crippen LogP contribution is -2.35. The minimum atomic E-state index is 0.622. The van der Waals surface area contributed by atoms with E-state index in [0.717, 1.165) is 35.4 Å². The van der Waals surface area contributed by atoms with Crippen LogP contribution < -0.4 is 14.8 Å². The summed E-state index contributed by atoms with van der Waals surface area (Å²) >= 11 is 0. The molecule has 1 aliphatic rings. The van der Waals surface area contributed by atoms with E-state index in [1.165, 1.54) is 19.3 Å². The van der Waals surface area contributed by atoms with E-state index in [4.69, 9.17) is 9.47 Å². The second kappa shape index (κ2) is 6.98. The van der Waals surface area contributed by atoms with Gasteiger partial charge in [0.1, 0.15) is 11.5 Å². The van der Waals surface area contributed by atoms with Gasteiger partial charge in [-0.3, -0.25) is 0 Å². The standard InChI is InChI=1S/C17H27NO2/c1-12-5-6-15(9-13(12)2)18-11-14-10-16(19-3)7-8-17(14)20-4/h7-8,10,12-13,15,18H,5-6,9,11H2,1-4H3. The SMILES string of the molecule is COc1ccc(OC)c(CNC2CCC(C)C(C)C2)c1. The summed E-state index contributed by atoms with van der Waals surface area (Å²) in [5, 5.41) is 3.68. The lowest BCUT2D eigenvalue weighted by Gasteiger charge is -2.32. The molecular weight excluding hydrogens is 250 g/mol. The summed E-state index contributed by atoms with van der Waals surface area (Å²) < 4.78 is 10.7. The second-order valence-electron chi connectivity index (χ2n) is 6.02. The fourth-order valence-corrected chi connectivity index (χ4v) is 3.01. The van der Waals surface area contributed by atoms with Gasteiger partial charge in [-0.1, -0.05) is 13.8 Å². The molecule has 3 atom stereocenters. The van der Waals surface area contributed by atoms with Crippen molar-refractivity contribution in [2.45, 2.75) is 45.7 Å². The molecular formula is C17H27NO2. The van der Waals surface area contributed by atoms with Crippen molar-refractivity contribution in [1.29, 1.82) is 0 Å². The van der Waals surface area contributed by atoms with Crippen LogP contribution >= 0.6 is 0 Å². The summed E-state index contributed by atoms with van der Waals surface area (Å²) in [6.45, 7) is 5.57. The Morgan fingerprint density at radius 1 is 1.10 bits per heavy atom. The third-order valence-electron chi connectivity index (χ3n) is 4.67. The van der Waals surface area contributed by atoms with Crippen LogP contribution in [0.25, 0.3) is 0 Å². The Hall–Kier alpha value is -1.22. The molecule has 2 rings (SSSR count). The zero-order chi connectivity index (χ0) is 14.5. The summed E-state index contributed by atoms with van der Waals surface area (Å²) in [7, 11) is 3.42. The highest BCUT2D eigenvalue weighted by molar-refractivity contribution is 5.40. The van der Waals surface area contributed by atoms with Crippen LogP contribution in [0.2, 0.25) is 0 Å². The van der Waals surface area contributed by atoms with Crippen molar-refractivity contribution < 1.29 is 9.47 Å². The molecule has 3 heteroatoms. The first-order valence-electron chi connectivity index (χ1n) is 7.58. The number of rotatable bonds is 5. The van der Waals surface area contributed by atoms with E-state index >= 15 is 0 Å². The summed E-state index contributed by atoms with van der Waals surface area (Å²) in [5.41, 5.74) is 1.16. The minimum Gasteiger partial charge on any atom is -0.497 e. The largest absolute Gasteiger partial charge is 0.497 e. The Labute approximate surface area is 122 Å². The van der Waals surface area contributed by atoms with Crippen molar-refractivity contribution in [2.75, 3.05) is 14.2 Å². The van der Waals surface area contributed by atoms with Gasteiger partial charge >= 0.3 is 0 Å². The van der Waals surface area contributed by atoms with Gasteiger partial charge in [-0.25, -0.2) is 0 Å². The molecule has 0 spiro atoms. The number of methoxy groups -OCH3 is 2. The van der Waals surface area contributed by atoms with Crippen LogP contribution in [0.4, 0.5) is 0 Å². The summed E-state index contributed by atoms with van der Waals surface area (Å²) in [6.07, 6.45) is 3.87. The van der Waals surface area contributed by atoms with Crippen LogP contribution in [-0.4, -0.2) is 20.3 Å². The molecule has 1 fully saturated rings. The predicted molar refractivity (Wildman–Crippen MR) is 82.4 cm³/mol. The molecule has 20 heavy (non-hydrogen) atoms. The lowest BCUT2D eigenvalue weighted by molar-refractivity contribution is 0.225. The maximum Gasteiger partial charge on any atom is 0.123 e. The molecule has 112 valence electrons. The van der Waals surface area contributed by atoms with E-state index in [1.807, 2.05) is 12.1 Å². The van der Waals surface area contributed by atoms with Crippen molar-refractivity contribution in [1.82, 2.24) is 5.32 Å². The molecule has 0 heterocycles. The first-order chi connectivity index (χ1) is 9.63. The average molecular weight is 277 g/mol. The molecule has 1 aromatic carbocycles. The number of hydrogen-bond donors (Lipinski definition) is 1. The van der Waals surface area contributed by atoms with E-state index in [2.05, 4.69) is 25.2 Å². The molecule has 0 saturated heterocycles. The van der Waals surface area contributed by atoms with E-state index in [1.54, 1.807) is 14.2 Å². The minimum absolute atomic E-state index is 0.622. The molecule has 0 radical (unpaired) electrons. The molecule has 0 amide bonds. The highest BCUT2D eigenvalue weighted by atomic mass is 16.5. The normalized spacial score (nSPS) is 26.3. The van der Waals surface area contributed by atoms with E-state index in [-0.39, 0.29) is 0 Å². The van der Waals surface area contributed by atoms with Crippen molar-refractivity contribution in [3.8, 4) is 11.5 Å². The molecule has 3 nitrogen and oxygen atoms in total. The Balaban J connectivity index is 1.96. The van der Waals surface area contributed by atoms with E-state index < -0.39 is 0 Å². The van der Waals surface area contributed by atoms with Crippen LogP contribution in [0.1, 0.15) is 38.7 Å². The van der Waals surface area contributed by atoms with Gasteiger partial charge in [-0.15, -0.1) is 0 Å². The molecule has 0 aliphatic heterocycles. The number of nitrogens with one attached hydrogen (secondary N) is 1. The van der Waals surface area contributed by atoms with Crippen molar-refractivity contribution in [2.24, 2.45) is 11.8 Å². The zero-order valence-electron chi connectivity index (χ0n) is 13.1. The van der Waals surface area contributed by atoms with Gasteiger partial charge in [-0.05, 0) is 49.3 Å². The quantitative estimate of drug-likeness (QED) is 0.891. The van der Waals surface area contributed by atoms with Gasteiger partial charge in [0.2, 0.25) is 0 Å². The fraction of sp³-hybridized carbons (Fsp3) is 0.647. The summed E-state index contributed by atoms with van der Waals surface area (Å²) in [4.78, 5) is 0. The van der Waals surface area contributed by atoms with Gasteiger partial charge in [0.25, 0.3) is 0 Å². The second-order valence-corrected chi connectivity index (χ2v) is 6.02. The van der Waals surface area contributed by atoms with Crippen LogP contribution in [0, 0.1) is 11.8 Å². The smallest absolute Gasteiger partial charge is 0.123 e. The Morgan fingerprint density at radius 3 is 2.55 bits per heavy atom. The van der Waals surface area contributed by atoms with Crippen LogP contribution in [-0.2, 0) is 6.54 Å². The summed E-state index contributed by atoms with van der Waals surface area (Å²) in [6, 6.07) is 6.59. The maximum atomic E-state index is 5.43. The molecule has 1 aliphatic carbocycles. The van der Waals surface area contributed by atoms with Gasteiger partial charge in [0.15, 0.2) is 0 Å². The van der Waals surface area contributed by atoms with Crippen molar-refractivity contribution >= 4 is 0 Å². The Bertz CT molecular complexity index is 433. The molecule has 0 aromatic heterocycles. The molecule has 1 saturated carbocycles. The number of benzene rings is 1. The van der Waals surface area contributed by atoms with Gasteiger partial charge < -0.3 is 14.8 Å². The Morgan fingerprint density at radius 2 is 1.90 bits per heavy atom. The van der Waals surface area contributed by atoms with Crippen molar-refractivity contribution in [3.63, 3.8) is 0 Å². The zero-order valence-corrected chi connectivity index (χ0v) is 13.1. The summed E-state index contributed by atoms with van der Waals surface area (Å²) in [5.74, 6) is 3.48. The monoisotopic (exact) mass is 277 g/mol. The highest BCUT2D eigenvalue weighted by Crippen LogP contribution is 2.30. The molecule has 1 N–H and O–H groups in total. The third-order valence-corrected chi connectivity index (χ3v) is 4.67. The van der Waals surface area contributed by atoms with Crippen LogP contribution in [0.5, 0.6) is 11.5 Å². The van der Waals surface area contributed by atoms with Gasteiger partial charge in [0, 0.05) is 18.2 Å². The first-order valence-corrected chi connectivity index (χ1v) is 7.58.